The summed E-state index contributed by atoms with van der Waals surface area (Å²) in [6.45, 7) is 7.30. The van der Waals surface area contributed by atoms with E-state index in [0.717, 1.165) is 12.1 Å². The summed E-state index contributed by atoms with van der Waals surface area (Å²) in [7, 11) is 0. The predicted molar refractivity (Wildman–Crippen MR) is 80.7 cm³/mol. The van der Waals surface area contributed by atoms with Crippen molar-refractivity contribution >= 4 is 5.69 Å². The second-order valence-corrected chi connectivity index (χ2v) is 4.81. The number of phenols is 1. The first-order valence-electron chi connectivity index (χ1n) is 6.75. The van der Waals surface area contributed by atoms with E-state index in [1.54, 1.807) is 6.07 Å². The van der Waals surface area contributed by atoms with Gasteiger partial charge in [0.05, 0.1) is 6.04 Å². The zero-order valence-electron chi connectivity index (χ0n) is 11.8. The van der Waals surface area contributed by atoms with E-state index in [2.05, 4.69) is 49.9 Å². The Morgan fingerprint density at radius 3 is 2.32 bits per heavy atom. The first-order chi connectivity index (χ1) is 9.15. The monoisotopic (exact) mass is 255 g/mol. The molecule has 2 rings (SSSR count). The summed E-state index contributed by atoms with van der Waals surface area (Å²) in [5, 5.41) is 10.0. The Balaban J connectivity index is 2.38. The van der Waals surface area contributed by atoms with Crippen LogP contribution in [0.25, 0.3) is 0 Å². The van der Waals surface area contributed by atoms with E-state index in [-0.39, 0.29) is 6.04 Å². The number of phenolic OH excluding ortho intramolecular Hbond substituents is 1. The molecule has 0 radical (unpaired) electrons. The van der Waals surface area contributed by atoms with Crippen LogP contribution in [0.15, 0.2) is 48.5 Å². The second-order valence-electron chi connectivity index (χ2n) is 4.81. The lowest BCUT2D eigenvalue weighted by Crippen LogP contribution is -2.27. The Labute approximate surface area is 115 Å². The number of benzene rings is 2. The largest absolute Gasteiger partial charge is 0.508 e. The molecule has 0 aliphatic heterocycles. The Kier molecular flexibility index (Phi) is 4.10. The molecule has 1 N–H and O–H groups in total. The van der Waals surface area contributed by atoms with Crippen molar-refractivity contribution in [2.45, 2.75) is 26.8 Å². The lowest BCUT2D eigenvalue weighted by molar-refractivity contribution is 0.461. The molecule has 0 aliphatic rings. The van der Waals surface area contributed by atoms with E-state index in [1.165, 1.54) is 11.3 Å². The highest BCUT2D eigenvalue weighted by Gasteiger charge is 2.18. The van der Waals surface area contributed by atoms with Crippen LogP contribution in [-0.4, -0.2) is 11.7 Å². The molecule has 0 spiro atoms. The van der Waals surface area contributed by atoms with Gasteiger partial charge in [-0.3, -0.25) is 0 Å². The molecule has 0 aliphatic carbocycles. The number of para-hydroxylation sites is 2. The van der Waals surface area contributed by atoms with E-state index in [1.807, 2.05) is 18.2 Å². The molecule has 0 saturated heterocycles. The van der Waals surface area contributed by atoms with Gasteiger partial charge in [0.2, 0.25) is 0 Å². The zero-order valence-corrected chi connectivity index (χ0v) is 11.8. The van der Waals surface area contributed by atoms with Crippen molar-refractivity contribution in [2.24, 2.45) is 0 Å². The number of hydrogen-bond acceptors (Lipinski definition) is 2. The lowest BCUT2D eigenvalue weighted by atomic mass is 10.0. The second kappa shape index (κ2) is 5.79. The third-order valence-electron chi connectivity index (χ3n) is 3.62. The molecular weight excluding hydrogens is 234 g/mol. The van der Waals surface area contributed by atoms with Crippen molar-refractivity contribution in [2.75, 3.05) is 11.4 Å². The van der Waals surface area contributed by atoms with Gasteiger partial charge in [-0.1, -0.05) is 36.4 Å². The van der Waals surface area contributed by atoms with Gasteiger partial charge in [-0.25, -0.2) is 0 Å². The van der Waals surface area contributed by atoms with Crippen molar-refractivity contribution in [1.29, 1.82) is 0 Å². The fraction of sp³-hybridized carbons (Fsp3) is 0.294. The molecule has 0 aromatic heterocycles. The highest BCUT2D eigenvalue weighted by Crippen LogP contribution is 2.32. The van der Waals surface area contributed by atoms with Gasteiger partial charge >= 0.3 is 0 Å². The number of rotatable bonds is 4. The van der Waals surface area contributed by atoms with Crippen molar-refractivity contribution in [1.82, 2.24) is 0 Å². The third-order valence-corrected chi connectivity index (χ3v) is 3.62. The third kappa shape index (κ3) is 2.73. The number of aromatic hydroxyl groups is 1. The molecule has 19 heavy (non-hydrogen) atoms. The van der Waals surface area contributed by atoms with Crippen LogP contribution in [0.3, 0.4) is 0 Å². The van der Waals surface area contributed by atoms with Gasteiger partial charge in [-0.2, -0.15) is 0 Å². The molecule has 100 valence electrons. The minimum atomic E-state index is 0.146. The van der Waals surface area contributed by atoms with Crippen molar-refractivity contribution in [3.8, 4) is 5.75 Å². The Morgan fingerprint density at radius 1 is 1.05 bits per heavy atom. The standard InChI is InChI=1S/C17H21NO/c1-4-18(16-11-7-5-9-13(16)2)14(3)15-10-6-8-12-17(15)19/h5-12,14,19H,4H2,1-3H3. The minimum Gasteiger partial charge on any atom is -0.508 e. The van der Waals surface area contributed by atoms with Crippen LogP contribution in [0, 0.1) is 6.92 Å². The van der Waals surface area contributed by atoms with E-state index in [9.17, 15) is 5.11 Å². The average molecular weight is 255 g/mol. The van der Waals surface area contributed by atoms with Gasteiger partial charge in [0.1, 0.15) is 5.75 Å². The Bertz CT molecular complexity index is 550. The average Bonchev–Trinajstić information content (AvgIpc) is 2.42. The molecule has 0 saturated carbocycles. The van der Waals surface area contributed by atoms with Gasteiger partial charge in [-0.05, 0) is 38.5 Å². The fourth-order valence-electron chi connectivity index (χ4n) is 2.55. The first kappa shape index (κ1) is 13.5. The molecule has 0 fully saturated rings. The SMILES string of the molecule is CCN(c1ccccc1C)C(C)c1ccccc1O. The van der Waals surface area contributed by atoms with E-state index < -0.39 is 0 Å². The molecule has 2 aromatic carbocycles. The van der Waals surface area contributed by atoms with Gasteiger partial charge in [0, 0.05) is 17.8 Å². The maximum atomic E-state index is 10.0. The summed E-state index contributed by atoms with van der Waals surface area (Å²) in [5.41, 5.74) is 3.44. The maximum absolute atomic E-state index is 10.0. The number of aryl methyl sites for hydroxylation is 1. The van der Waals surface area contributed by atoms with Crippen molar-refractivity contribution < 1.29 is 5.11 Å². The summed E-state index contributed by atoms with van der Waals surface area (Å²) in [6.07, 6.45) is 0. The Hall–Kier alpha value is -1.96. The van der Waals surface area contributed by atoms with E-state index in [0.29, 0.717) is 5.75 Å². The molecule has 2 heteroatoms. The van der Waals surface area contributed by atoms with Crippen molar-refractivity contribution in [3.63, 3.8) is 0 Å². The van der Waals surface area contributed by atoms with Crippen LogP contribution in [0.2, 0.25) is 0 Å². The minimum absolute atomic E-state index is 0.146. The van der Waals surface area contributed by atoms with E-state index >= 15 is 0 Å². The number of anilines is 1. The molecule has 2 nitrogen and oxygen atoms in total. The summed E-state index contributed by atoms with van der Waals surface area (Å²) in [6, 6.07) is 16.1. The van der Waals surface area contributed by atoms with Gasteiger partial charge in [0.25, 0.3) is 0 Å². The number of nitrogens with zero attached hydrogens (tertiary/aromatic N) is 1. The summed E-state index contributed by atoms with van der Waals surface area (Å²) in [5.74, 6) is 0.363. The van der Waals surface area contributed by atoms with Gasteiger partial charge in [-0.15, -0.1) is 0 Å². The van der Waals surface area contributed by atoms with Crippen LogP contribution >= 0.6 is 0 Å². The molecule has 0 bridgehead atoms. The van der Waals surface area contributed by atoms with Gasteiger partial charge in [0.15, 0.2) is 0 Å². The van der Waals surface area contributed by atoms with Crippen LogP contribution in [0.1, 0.15) is 31.0 Å². The van der Waals surface area contributed by atoms with Gasteiger partial charge < -0.3 is 10.0 Å². The highest BCUT2D eigenvalue weighted by atomic mass is 16.3. The van der Waals surface area contributed by atoms with E-state index in [4.69, 9.17) is 0 Å². The Morgan fingerprint density at radius 2 is 1.68 bits per heavy atom. The lowest BCUT2D eigenvalue weighted by Gasteiger charge is -2.32. The normalized spacial score (nSPS) is 12.2. The molecule has 2 aromatic rings. The highest BCUT2D eigenvalue weighted by molar-refractivity contribution is 5.55. The topological polar surface area (TPSA) is 23.5 Å². The summed E-state index contributed by atoms with van der Waals surface area (Å²) >= 11 is 0. The number of hydrogen-bond donors (Lipinski definition) is 1. The van der Waals surface area contributed by atoms with Crippen LogP contribution in [0.5, 0.6) is 5.75 Å². The van der Waals surface area contributed by atoms with Crippen LogP contribution in [-0.2, 0) is 0 Å². The first-order valence-corrected chi connectivity index (χ1v) is 6.75. The summed E-state index contributed by atoms with van der Waals surface area (Å²) < 4.78 is 0. The predicted octanol–water partition coefficient (Wildman–Crippen LogP) is 4.29. The molecular formula is C17H21NO. The van der Waals surface area contributed by atoms with Crippen molar-refractivity contribution in [3.05, 3.63) is 59.7 Å². The zero-order chi connectivity index (χ0) is 13.8. The fourth-order valence-corrected chi connectivity index (χ4v) is 2.55. The van der Waals surface area contributed by atoms with Crippen LogP contribution < -0.4 is 4.90 Å². The molecule has 1 atom stereocenters. The van der Waals surface area contributed by atoms with Crippen LogP contribution in [0.4, 0.5) is 5.69 Å². The molecule has 1 unspecified atom stereocenters. The quantitative estimate of drug-likeness (QED) is 0.881. The maximum Gasteiger partial charge on any atom is 0.120 e. The molecule has 0 heterocycles. The summed E-state index contributed by atoms with van der Waals surface area (Å²) in [4.78, 5) is 2.31. The molecule has 0 amide bonds. The smallest absolute Gasteiger partial charge is 0.120 e.